The summed E-state index contributed by atoms with van der Waals surface area (Å²) in [5, 5.41) is 11.0. The fourth-order valence-electron chi connectivity index (χ4n) is 3.99. The number of rotatable bonds is 3. The molecule has 1 aliphatic carbocycles. The monoisotopic (exact) mass is 362 g/mol. The molecule has 2 aliphatic heterocycles. The maximum Gasteiger partial charge on any atom is 0.251 e. The van der Waals surface area contributed by atoms with E-state index in [9.17, 15) is 9.59 Å². The molecule has 140 valence electrons. The number of carbonyl (C=O) groups excluding carboxylic acids is 1. The van der Waals surface area contributed by atoms with E-state index in [1.54, 1.807) is 0 Å². The van der Waals surface area contributed by atoms with Crippen molar-refractivity contribution in [2.75, 3.05) is 13.7 Å². The number of halogens is 1. The van der Waals surface area contributed by atoms with Crippen LogP contribution in [0.25, 0.3) is 0 Å². The number of guanidine groups is 1. The van der Waals surface area contributed by atoms with Crippen LogP contribution < -0.4 is 10.9 Å². The first-order valence-electron chi connectivity index (χ1n) is 8.98. The number of hydrogen-bond acceptors (Lipinski definition) is 4. The molecule has 7 nitrogen and oxygen atoms in total. The van der Waals surface area contributed by atoms with Gasteiger partial charge in [-0.2, -0.15) is 0 Å². The van der Waals surface area contributed by atoms with Crippen molar-refractivity contribution in [2.45, 2.75) is 44.4 Å². The lowest BCUT2D eigenvalue weighted by molar-refractivity contribution is -0.148. The van der Waals surface area contributed by atoms with E-state index in [1.165, 1.54) is 28.8 Å². The van der Waals surface area contributed by atoms with Crippen LogP contribution in [0.3, 0.4) is 0 Å². The minimum absolute atomic E-state index is 0.0315. The summed E-state index contributed by atoms with van der Waals surface area (Å²) < 4.78 is 22.2. The van der Waals surface area contributed by atoms with E-state index in [2.05, 4.69) is 5.32 Å². The van der Waals surface area contributed by atoms with Gasteiger partial charge < -0.3 is 14.6 Å². The van der Waals surface area contributed by atoms with E-state index in [0.717, 1.165) is 12.8 Å². The van der Waals surface area contributed by atoms with Crippen molar-refractivity contribution in [3.63, 3.8) is 0 Å². The van der Waals surface area contributed by atoms with Gasteiger partial charge >= 0.3 is 0 Å². The second kappa shape index (κ2) is 5.90. The number of nitrogens with zero attached hydrogens (tertiary/aromatic N) is 2. The molecule has 2 N–H and O–H groups in total. The molecule has 0 spiro atoms. The normalized spacial score (nSPS) is 31.6. The average Bonchev–Trinajstić information content (AvgIpc) is 3.41. The first kappa shape index (κ1) is 17.2. The van der Waals surface area contributed by atoms with Crippen molar-refractivity contribution in [2.24, 2.45) is 11.8 Å². The van der Waals surface area contributed by atoms with Crippen LogP contribution in [-0.2, 0) is 21.6 Å². The number of fused-ring (bicyclic) bond motifs is 1. The second-order valence-corrected chi connectivity index (χ2v) is 7.72. The number of ether oxygens (including phenoxy) is 1. The quantitative estimate of drug-likeness (QED) is 0.840. The van der Waals surface area contributed by atoms with Crippen LogP contribution in [-0.4, -0.2) is 41.1 Å². The molecule has 1 aromatic heterocycles. The number of nitrogens with one attached hydrogen (secondary N) is 2. The van der Waals surface area contributed by atoms with Gasteiger partial charge in [0.05, 0.1) is 18.6 Å². The lowest BCUT2D eigenvalue weighted by Crippen LogP contribution is -2.69. The smallest absolute Gasteiger partial charge is 0.251 e. The molecule has 0 radical (unpaired) electrons. The molecule has 0 bridgehead atoms. The Morgan fingerprint density at radius 2 is 2.15 bits per heavy atom. The molecule has 1 amide bonds. The Hall–Kier alpha value is -2.22. The maximum absolute atomic E-state index is 15.0. The van der Waals surface area contributed by atoms with Gasteiger partial charge in [0.2, 0.25) is 5.91 Å². The molecule has 3 fully saturated rings. The molecule has 2 saturated heterocycles. The molecule has 0 aromatic carbocycles. The summed E-state index contributed by atoms with van der Waals surface area (Å²) in [6.07, 6.45) is 3.60. The van der Waals surface area contributed by atoms with E-state index in [0.29, 0.717) is 18.9 Å². The first-order valence-corrected chi connectivity index (χ1v) is 8.98. The van der Waals surface area contributed by atoms with Crippen molar-refractivity contribution in [3.8, 4) is 0 Å². The third-order valence-electron chi connectivity index (χ3n) is 5.77. The molecular formula is C18H23FN4O3. The molecule has 4 rings (SSSR count). The van der Waals surface area contributed by atoms with Gasteiger partial charge in [-0.15, -0.1) is 0 Å². The highest BCUT2D eigenvalue weighted by atomic mass is 19.1. The number of aromatic nitrogens is 1. The summed E-state index contributed by atoms with van der Waals surface area (Å²) >= 11 is 0. The molecule has 1 aromatic rings. The number of pyridine rings is 1. The zero-order chi connectivity index (χ0) is 18.6. The van der Waals surface area contributed by atoms with Crippen molar-refractivity contribution in [1.82, 2.24) is 14.8 Å². The van der Waals surface area contributed by atoms with Gasteiger partial charge in [0, 0.05) is 31.4 Å². The van der Waals surface area contributed by atoms with Crippen LogP contribution in [0.1, 0.15) is 31.7 Å². The minimum atomic E-state index is -1.23. The van der Waals surface area contributed by atoms with Gasteiger partial charge in [-0.05, 0) is 32.1 Å². The van der Waals surface area contributed by atoms with Crippen LogP contribution in [0.15, 0.2) is 17.1 Å². The SMILES string of the molecule is C[C@H]1C[C@H]2C(=O)N(C)C(=N)N[C@@]2(c2cc(=O)n(CC3CC3)cc2F)CO1. The fourth-order valence-corrected chi connectivity index (χ4v) is 3.99. The molecule has 3 aliphatic rings. The lowest BCUT2D eigenvalue weighted by atomic mass is 9.72. The molecule has 8 heteroatoms. The predicted octanol–water partition coefficient (Wildman–Crippen LogP) is 1.01. The zero-order valence-electron chi connectivity index (χ0n) is 14.9. The number of hydrogen-bond donors (Lipinski definition) is 2. The molecule has 3 heterocycles. The van der Waals surface area contributed by atoms with Gasteiger partial charge in [0.1, 0.15) is 11.4 Å². The van der Waals surface area contributed by atoms with Crippen molar-refractivity contribution >= 4 is 11.9 Å². The van der Waals surface area contributed by atoms with Gasteiger partial charge in [0.15, 0.2) is 5.96 Å². The van der Waals surface area contributed by atoms with Crippen molar-refractivity contribution in [3.05, 3.63) is 34.0 Å². The van der Waals surface area contributed by atoms with Crippen molar-refractivity contribution in [1.29, 1.82) is 5.41 Å². The lowest BCUT2D eigenvalue weighted by Gasteiger charge is -2.51. The first-order chi connectivity index (χ1) is 12.3. The van der Waals surface area contributed by atoms with Gasteiger partial charge in [-0.3, -0.25) is 19.9 Å². The highest BCUT2D eigenvalue weighted by Gasteiger charge is 2.55. The third kappa shape index (κ3) is 2.63. The Labute approximate surface area is 150 Å². The van der Waals surface area contributed by atoms with E-state index in [4.69, 9.17) is 10.1 Å². The van der Waals surface area contributed by atoms with Gasteiger partial charge in [-0.1, -0.05) is 0 Å². The van der Waals surface area contributed by atoms with Crippen molar-refractivity contribution < 1.29 is 13.9 Å². The molecule has 0 unspecified atom stereocenters. The number of carbonyl (C=O) groups is 1. The van der Waals surface area contributed by atoms with Crippen LogP contribution >= 0.6 is 0 Å². The Bertz CT molecular complexity index is 834. The Morgan fingerprint density at radius 3 is 2.85 bits per heavy atom. The van der Waals surface area contributed by atoms with E-state index >= 15 is 4.39 Å². The molecule has 1 saturated carbocycles. The van der Waals surface area contributed by atoms with Crippen LogP contribution in [0.4, 0.5) is 4.39 Å². The van der Waals surface area contributed by atoms with Crippen LogP contribution in [0, 0.1) is 23.1 Å². The number of amides is 1. The average molecular weight is 362 g/mol. The van der Waals surface area contributed by atoms with E-state index in [1.807, 2.05) is 6.92 Å². The largest absolute Gasteiger partial charge is 0.376 e. The summed E-state index contributed by atoms with van der Waals surface area (Å²) in [4.78, 5) is 26.6. The summed E-state index contributed by atoms with van der Waals surface area (Å²) in [6.45, 7) is 2.41. The Morgan fingerprint density at radius 1 is 1.42 bits per heavy atom. The van der Waals surface area contributed by atoms with Crippen LogP contribution in [0.5, 0.6) is 0 Å². The fraction of sp³-hybridized carbons (Fsp3) is 0.611. The highest BCUT2D eigenvalue weighted by Crippen LogP contribution is 2.41. The summed E-state index contributed by atoms with van der Waals surface area (Å²) in [5.74, 6) is -1.08. The maximum atomic E-state index is 15.0. The van der Waals surface area contributed by atoms with Crippen LogP contribution in [0.2, 0.25) is 0 Å². The third-order valence-corrected chi connectivity index (χ3v) is 5.77. The summed E-state index contributed by atoms with van der Waals surface area (Å²) in [7, 11) is 1.52. The van der Waals surface area contributed by atoms with Gasteiger partial charge in [-0.25, -0.2) is 4.39 Å². The standard InChI is InChI=1S/C18H23FN4O3/c1-10-5-13-16(25)22(2)17(20)21-18(13,9-26-10)12-6-15(24)23(8-14(12)19)7-11-3-4-11/h6,8,10-11,13H,3-5,7,9H2,1-2H3,(H2,20,21)/t10-,13-,18+/m0/s1. The Kier molecular flexibility index (Phi) is 3.91. The molecule has 26 heavy (non-hydrogen) atoms. The molecule has 3 atom stereocenters. The van der Waals surface area contributed by atoms with E-state index in [-0.39, 0.29) is 35.7 Å². The minimum Gasteiger partial charge on any atom is -0.376 e. The topological polar surface area (TPSA) is 87.4 Å². The molecular weight excluding hydrogens is 339 g/mol. The summed E-state index contributed by atoms with van der Waals surface area (Å²) in [5.41, 5.74) is -1.41. The second-order valence-electron chi connectivity index (χ2n) is 7.72. The predicted molar refractivity (Wildman–Crippen MR) is 92.2 cm³/mol. The van der Waals surface area contributed by atoms with E-state index < -0.39 is 17.3 Å². The Balaban J connectivity index is 1.80. The highest BCUT2D eigenvalue weighted by molar-refractivity contribution is 6.00. The summed E-state index contributed by atoms with van der Waals surface area (Å²) in [6, 6.07) is 1.27. The van der Waals surface area contributed by atoms with Gasteiger partial charge in [0.25, 0.3) is 5.56 Å². The zero-order valence-corrected chi connectivity index (χ0v) is 14.9.